The molecule has 0 spiro atoms. The van der Waals surface area contributed by atoms with Gasteiger partial charge in [0.2, 0.25) is 0 Å². The fraction of sp³-hybridized carbons (Fsp3) is 1.00. The van der Waals surface area contributed by atoms with Gasteiger partial charge in [-0.1, -0.05) is 0 Å². The molecule has 1 heterocycles. The molecule has 1 rings (SSSR count). The lowest BCUT2D eigenvalue weighted by atomic mass is 10.2. The second-order valence-electron chi connectivity index (χ2n) is 2.62. The first-order valence-corrected chi connectivity index (χ1v) is 3.26. The maximum atomic E-state index is 3.37. The Morgan fingerprint density at radius 1 is 1.12 bits per heavy atom. The number of piperazine rings is 1. The Morgan fingerprint density at radius 2 is 1.50 bits per heavy atom. The lowest BCUT2D eigenvalue weighted by Gasteiger charge is -2.26. The van der Waals surface area contributed by atoms with Gasteiger partial charge in [0, 0.05) is 26.6 Å². The van der Waals surface area contributed by atoms with Crippen molar-refractivity contribution in [3.05, 3.63) is 0 Å². The Labute approximate surface area is 52.1 Å². The molecule has 1 fully saturated rings. The molecule has 1 aliphatic rings. The van der Waals surface area contributed by atoms with E-state index in [1.54, 1.807) is 0 Å². The van der Waals surface area contributed by atoms with Gasteiger partial charge in [0.05, 0.1) is 0 Å². The van der Waals surface area contributed by atoms with Crippen LogP contribution in [0.1, 0.15) is 15.3 Å². The van der Waals surface area contributed by atoms with Crippen LogP contribution in [0, 0.1) is 0 Å². The van der Waals surface area contributed by atoms with E-state index in [0.717, 1.165) is 13.1 Å². The Bertz CT molecular complexity index is 59.5. The Kier molecular flexibility index (Phi) is 1.86. The van der Waals surface area contributed by atoms with Crippen LogP contribution in [0.25, 0.3) is 0 Å². The quantitative estimate of drug-likeness (QED) is 0.472. The van der Waals surface area contributed by atoms with Crippen LogP contribution in [-0.4, -0.2) is 25.2 Å². The van der Waals surface area contributed by atoms with E-state index < -0.39 is 0 Å². The molecule has 0 unspecified atom stereocenters. The molecule has 1 saturated heterocycles. The molecule has 2 atom stereocenters. The summed E-state index contributed by atoms with van der Waals surface area (Å²) in [6, 6.07) is 1.32. The summed E-state index contributed by atoms with van der Waals surface area (Å²) >= 11 is 0. The molecule has 0 bridgehead atoms. The Hall–Kier alpha value is -0.0800. The number of rotatable bonds is 0. The molecule has 0 aromatic carbocycles. The summed E-state index contributed by atoms with van der Waals surface area (Å²) in [6.07, 6.45) is 0. The third-order valence-corrected chi connectivity index (χ3v) is 1.54. The molecule has 0 saturated carbocycles. The zero-order chi connectivity index (χ0) is 5.98. The first kappa shape index (κ1) is 6.05. The van der Waals surface area contributed by atoms with E-state index in [4.69, 9.17) is 0 Å². The normalized spacial score (nSPS) is 39.8. The van der Waals surface area contributed by atoms with Crippen LogP contribution in [0.5, 0.6) is 0 Å². The summed E-state index contributed by atoms with van der Waals surface area (Å²) in [5.41, 5.74) is 0. The molecule has 50 valence electrons. The molecule has 2 N–H and O–H groups in total. The minimum absolute atomic E-state index is 0. The van der Waals surface area contributed by atoms with Gasteiger partial charge in [0.15, 0.2) is 0 Å². The summed E-state index contributed by atoms with van der Waals surface area (Å²) in [6.45, 7) is 6.61. The van der Waals surface area contributed by atoms with Crippen molar-refractivity contribution in [2.24, 2.45) is 0 Å². The van der Waals surface area contributed by atoms with Crippen molar-refractivity contribution >= 4 is 0 Å². The molecule has 0 aliphatic carbocycles. The fourth-order valence-corrected chi connectivity index (χ4v) is 0.900. The number of hydrogen-bond donors (Lipinski definition) is 2. The van der Waals surface area contributed by atoms with Crippen LogP contribution in [0.2, 0.25) is 0 Å². The molecular formula is C6H16N2. The molecule has 2 nitrogen and oxygen atoms in total. The van der Waals surface area contributed by atoms with Crippen molar-refractivity contribution < 1.29 is 1.43 Å². The van der Waals surface area contributed by atoms with Crippen molar-refractivity contribution in [1.29, 1.82) is 0 Å². The van der Waals surface area contributed by atoms with Crippen LogP contribution >= 0.6 is 0 Å². The highest BCUT2D eigenvalue weighted by atomic mass is 15.1. The average Bonchev–Trinajstić information content (AvgIpc) is 1.77. The summed E-state index contributed by atoms with van der Waals surface area (Å²) in [5, 5.41) is 6.74. The molecule has 0 radical (unpaired) electrons. The first-order valence-electron chi connectivity index (χ1n) is 3.26. The van der Waals surface area contributed by atoms with Crippen molar-refractivity contribution in [3.63, 3.8) is 0 Å². The van der Waals surface area contributed by atoms with E-state index in [2.05, 4.69) is 24.5 Å². The van der Waals surface area contributed by atoms with E-state index in [1.807, 2.05) is 0 Å². The Balaban J connectivity index is 0.000000640. The topological polar surface area (TPSA) is 24.1 Å². The minimum atomic E-state index is 0. The van der Waals surface area contributed by atoms with Gasteiger partial charge in [-0.05, 0) is 13.8 Å². The van der Waals surface area contributed by atoms with E-state index >= 15 is 0 Å². The van der Waals surface area contributed by atoms with Crippen LogP contribution in [0.3, 0.4) is 0 Å². The maximum Gasteiger partial charge on any atom is 0.0164 e. The van der Waals surface area contributed by atoms with Gasteiger partial charge in [0.25, 0.3) is 0 Å². The Morgan fingerprint density at radius 3 is 1.75 bits per heavy atom. The van der Waals surface area contributed by atoms with Crippen LogP contribution in [0.4, 0.5) is 0 Å². The van der Waals surface area contributed by atoms with Gasteiger partial charge in [-0.15, -0.1) is 0 Å². The van der Waals surface area contributed by atoms with Crippen LogP contribution in [-0.2, 0) is 0 Å². The molecular weight excluding hydrogens is 100 g/mol. The van der Waals surface area contributed by atoms with E-state index in [1.165, 1.54) is 0 Å². The highest BCUT2D eigenvalue weighted by Crippen LogP contribution is 1.89. The third kappa shape index (κ3) is 1.46. The highest BCUT2D eigenvalue weighted by Gasteiger charge is 2.10. The van der Waals surface area contributed by atoms with E-state index in [0.29, 0.717) is 12.1 Å². The minimum Gasteiger partial charge on any atom is -0.311 e. The molecule has 0 aromatic heterocycles. The standard InChI is InChI=1S/C6H14N2.H2/c1-5-3-8-6(2)4-7-5;/h5-8H,3-4H2,1-2H3;1H/t5-,6+;. The van der Waals surface area contributed by atoms with Crippen LogP contribution in [0.15, 0.2) is 0 Å². The highest BCUT2D eigenvalue weighted by molar-refractivity contribution is 4.76. The van der Waals surface area contributed by atoms with Crippen molar-refractivity contribution in [1.82, 2.24) is 10.6 Å². The van der Waals surface area contributed by atoms with Crippen molar-refractivity contribution in [3.8, 4) is 0 Å². The fourth-order valence-electron chi connectivity index (χ4n) is 0.900. The zero-order valence-electron chi connectivity index (χ0n) is 5.57. The smallest absolute Gasteiger partial charge is 0.0164 e. The summed E-state index contributed by atoms with van der Waals surface area (Å²) < 4.78 is 0. The number of nitrogens with one attached hydrogen (secondary N) is 2. The predicted molar refractivity (Wildman–Crippen MR) is 37.0 cm³/mol. The second-order valence-corrected chi connectivity index (χ2v) is 2.62. The summed E-state index contributed by atoms with van der Waals surface area (Å²) in [5.74, 6) is 0. The molecule has 1 aliphatic heterocycles. The van der Waals surface area contributed by atoms with Gasteiger partial charge in [0.1, 0.15) is 0 Å². The average molecular weight is 116 g/mol. The number of hydrogen-bond acceptors (Lipinski definition) is 2. The van der Waals surface area contributed by atoms with E-state index in [-0.39, 0.29) is 1.43 Å². The molecule has 8 heavy (non-hydrogen) atoms. The van der Waals surface area contributed by atoms with Crippen molar-refractivity contribution in [2.45, 2.75) is 25.9 Å². The molecule has 0 amide bonds. The van der Waals surface area contributed by atoms with Crippen molar-refractivity contribution in [2.75, 3.05) is 13.1 Å². The monoisotopic (exact) mass is 116 g/mol. The summed E-state index contributed by atoms with van der Waals surface area (Å²) in [7, 11) is 0. The van der Waals surface area contributed by atoms with E-state index in [9.17, 15) is 0 Å². The maximum absolute atomic E-state index is 3.37. The lowest BCUT2D eigenvalue weighted by Crippen LogP contribution is -2.51. The predicted octanol–water partition coefficient (Wildman–Crippen LogP) is 0.202. The van der Waals surface area contributed by atoms with Gasteiger partial charge in [-0.2, -0.15) is 0 Å². The molecule has 0 aromatic rings. The third-order valence-electron chi connectivity index (χ3n) is 1.54. The van der Waals surface area contributed by atoms with Gasteiger partial charge in [-0.3, -0.25) is 0 Å². The molecule has 2 heteroatoms. The second kappa shape index (κ2) is 2.46. The first-order chi connectivity index (χ1) is 3.79. The lowest BCUT2D eigenvalue weighted by molar-refractivity contribution is 0.376. The van der Waals surface area contributed by atoms with Gasteiger partial charge in [-0.25, -0.2) is 0 Å². The van der Waals surface area contributed by atoms with Crippen LogP contribution < -0.4 is 10.6 Å². The zero-order valence-corrected chi connectivity index (χ0v) is 5.57. The largest absolute Gasteiger partial charge is 0.311 e. The van der Waals surface area contributed by atoms with Gasteiger partial charge >= 0.3 is 0 Å². The summed E-state index contributed by atoms with van der Waals surface area (Å²) in [4.78, 5) is 0. The van der Waals surface area contributed by atoms with Gasteiger partial charge < -0.3 is 10.6 Å². The SMILES string of the molecule is C[C@@H]1CN[C@@H](C)CN1.[HH].